The number of aromatic amines is 1. The highest BCUT2D eigenvalue weighted by atomic mass is 14.9. The second kappa shape index (κ2) is 3.90. The van der Waals surface area contributed by atoms with Crippen LogP contribution in [-0.4, -0.2) is 21.1 Å². The molecule has 4 heteroatoms. The number of hydrogen-bond acceptors (Lipinski definition) is 2. The summed E-state index contributed by atoms with van der Waals surface area (Å²) in [6.07, 6.45) is 4.88. The molecule has 2 heterocycles. The van der Waals surface area contributed by atoms with Crippen LogP contribution < -0.4 is 5.73 Å². The summed E-state index contributed by atoms with van der Waals surface area (Å²) in [6.45, 7) is 2.66. The van der Waals surface area contributed by atoms with E-state index in [-0.39, 0.29) is 0 Å². The van der Waals surface area contributed by atoms with Crippen molar-refractivity contribution in [2.75, 3.05) is 6.54 Å². The summed E-state index contributed by atoms with van der Waals surface area (Å²) in [5.74, 6) is 0.967. The van der Waals surface area contributed by atoms with Gasteiger partial charge in [-0.15, -0.1) is 0 Å². The van der Waals surface area contributed by atoms with Gasteiger partial charge in [0.1, 0.15) is 5.82 Å². The summed E-state index contributed by atoms with van der Waals surface area (Å²) in [5.41, 5.74) is 8.77. The molecule has 0 saturated heterocycles. The molecule has 2 aromatic rings. The van der Waals surface area contributed by atoms with Gasteiger partial charge >= 0.3 is 0 Å². The Morgan fingerprint density at radius 3 is 2.93 bits per heavy atom. The zero-order valence-electron chi connectivity index (χ0n) is 9.12. The number of aryl methyl sites for hydroxylation is 2. The van der Waals surface area contributed by atoms with Gasteiger partial charge in [0.15, 0.2) is 0 Å². The zero-order chi connectivity index (χ0) is 10.8. The van der Waals surface area contributed by atoms with E-state index in [9.17, 15) is 0 Å². The van der Waals surface area contributed by atoms with Crippen molar-refractivity contribution in [3.63, 3.8) is 0 Å². The largest absolute Gasteiger partial charge is 0.357 e. The molecule has 80 valence electrons. The molecule has 0 amide bonds. The predicted octanol–water partition coefficient (Wildman–Crippen LogP) is 1.22. The number of nitrogens with one attached hydrogen (secondary N) is 1. The number of aromatic nitrogens is 3. The van der Waals surface area contributed by atoms with Crippen LogP contribution in [0.4, 0.5) is 0 Å². The van der Waals surface area contributed by atoms with Crippen LogP contribution in [0.25, 0.3) is 11.3 Å². The highest BCUT2D eigenvalue weighted by Gasteiger charge is 2.08. The predicted molar refractivity (Wildman–Crippen MR) is 60.5 cm³/mol. The fourth-order valence-electron chi connectivity index (χ4n) is 1.70. The second-order valence-electron chi connectivity index (χ2n) is 3.76. The number of H-pyrrole nitrogens is 1. The van der Waals surface area contributed by atoms with Gasteiger partial charge in [-0.05, 0) is 19.5 Å². The van der Waals surface area contributed by atoms with Crippen molar-refractivity contribution in [1.82, 2.24) is 14.5 Å². The average molecular weight is 204 g/mol. The van der Waals surface area contributed by atoms with Crippen molar-refractivity contribution >= 4 is 0 Å². The minimum Gasteiger partial charge on any atom is -0.357 e. The zero-order valence-corrected chi connectivity index (χ0v) is 9.12. The van der Waals surface area contributed by atoms with Crippen LogP contribution in [0.15, 0.2) is 18.5 Å². The molecular formula is C11H16N4. The Balaban J connectivity index is 2.35. The number of hydrogen-bond donors (Lipinski definition) is 2. The number of nitrogens with zero attached hydrogens (tertiary/aromatic N) is 2. The third-order valence-electron chi connectivity index (χ3n) is 2.42. The van der Waals surface area contributed by atoms with Gasteiger partial charge in [-0.25, -0.2) is 4.98 Å². The van der Waals surface area contributed by atoms with Gasteiger partial charge in [-0.2, -0.15) is 0 Å². The van der Waals surface area contributed by atoms with Crippen molar-refractivity contribution < 1.29 is 0 Å². The van der Waals surface area contributed by atoms with Crippen molar-refractivity contribution in [1.29, 1.82) is 0 Å². The molecule has 3 N–H and O–H groups in total. The molecule has 2 rings (SSSR count). The Morgan fingerprint density at radius 2 is 2.33 bits per heavy atom. The normalized spacial score (nSPS) is 10.9. The minimum atomic E-state index is 0.626. The highest BCUT2D eigenvalue weighted by molar-refractivity contribution is 5.61. The fourth-order valence-corrected chi connectivity index (χ4v) is 1.70. The van der Waals surface area contributed by atoms with Gasteiger partial charge in [0.2, 0.25) is 0 Å². The van der Waals surface area contributed by atoms with E-state index in [1.165, 1.54) is 0 Å². The van der Waals surface area contributed by atoms with Crippen LogP contribution in [0.1, 0.15) is 11.5 Å². The van der Waals surface area contributed by atoms with Crippen molar-refractivity contribution in [3.05, 3.63) is 30.0 Å². The fraction of sp³-hybridized carbons (Fsp3) is 0.364. The van der Waals surface area contributed by atoms with E-state index in [1.54, 1.807) is 0 Å². The second-order valence-corrected chi connectivity index (χ2v) is 3.76. The molecule has 0 spiro atoms. The van der Waals surface area contributed by atoms with E-state index in [4.69, 9.17) is 5.73 Å². The Kier molecular flexibility index (Phi) is 2.60. The summed E-state index contributed by atoms with van der Waals surface area (Å²) in [6, 6.07) is 2.06. The third kappa shape index (κ3) is 1.94. The van der Waals surface area contributed by atoms with Gasteiger partial charge in [0, 0.05) is 37.1 Å². The molecule has 0 fully saturated rings. The first kappa shape index (κ1) is 9.98. The topological polar surface area (TPSA) is 59.6 Å². The summed E-state index contributed by atoms with van der Waals surface area (Å²) in [5, 5.41) is 0. The smallest absolute Gasteiger partial charge is 0.108 e. The molecule has 0 aliphatic heterocycles. The maximum absolute atomic E-state index is 5.50. The number of rotatable bonds is 3. The molecule has 0 atom stereocenters. The standard InChI is InChI=1S/C11H16N4/c1-8-11(9-4-6-15(2)7-9)14-10(13-8)3-5-12/h4,6-7H,3,5,12H2,1-2H3,(H,13,14). The molecule has 0 aliphatic carbocycles. The molecule has 0 saturated carbocycles. The Bertz CT molecular complexity index is 453. The maximum Gasteiger partial charge on any atom is 0.108 e. The lowest BCUT2D eigenvalue weighted by Gasteiger charge is -1.92. The minimum absolute atomic E-state index is 0.626. The van der Waals surface area contributed by atoms with E-state index in [0.717, 1.165) is 29.2 Å². The first-order valence-corrected chi connectivity index (χ1v) is 5.08. The summed E-state index contributed by atoms with van der Waals surface area (Å²) in [4.78, 5) is 7.79. The van der Waals surface area contributed by atoms with Crippen LogP contribution in [0.2, 0.25) is 0 Å². The van der Waals surface area contributed by atoms with Crippen LogP contribution >= 0.6 is 0 Å². The van der Waals surface area contributed by atoms with E-state index in [1.807, 2.05) is 24.7 Å². The van der Waals surface area contributed by atoms with Crippen LogP contribution in [0.3, 0.4) is 0 Å². The molecule has 0 unspecified atom stereocenters. The lowest BCUT2D eigenvalue weighted by atomic mass is 10.2. The highest BCUT2D eigenvalue weighted by Crippen LogP contribution is 2.21. The SMILES string of the molecule is Cc1[nH]c(CCN)nc1-c1ccn(C)c1. The average Bonchev–Trinajstić information content (AvgIpc) is 2.73. The maximum atomic E-state index is 5.50. The number of imidazole rings is 1. The van der Waals surface area contributed by atoms with Gasteiger partial charge in [-0.1, -0.05) is 0 Å². The quantitative estimate of drug-likeness (QED) is 0.789. The van der Waals surface area contributed by atoms with Crippen LogP contribution in [-0.2, 0) is 13.5 Å². The first-order chi connectivity index (χ1) is 7.20. The molecule has 2 aromatic heterocycles. The lowest BCUT2D eigenvalue weighted by molar-refractivity contribution is 0.891. The monoisotopic (exact) mass is 204 g/mol. The lowest BCUT2D eigenvalue weighted by Crippen LogP contribution is -2.03. The summed E-state index contributed by atoms with van der Waals surface area (Å²) in [7, 11) is 2.01. The molecule has 15 heavy (non-hydrogen) atoms. The third-order valence-corrected chi connectivity index (χ3v) is 2.42. The Labute approximate surface area is 89.1 Å². The van der Waals surface area contributed by atoms with E-state index in [2.05, 4.69) is 22.2 Å². The molecule has 0 bridgehead atoms. The molecule has 0 radical (unpaired) electrons. The van der Waals surface area contributed by atoms with Gasteiger partial charge in [0.05, 0.1) is 5.69 Å². The molecule has 0 aliphatic rings. The number of nitrogens with two attached hydrogens (primary N) is 1. The van der Waals surface area contributed by atoms with Gasteiger partial charge in [0.25, 0.3) is 0 Å². The molecular weight excluding hydrogens is 188 g/mol. The van der Waals surface area contributed by atoms with Crippen LogP contribution in [0.5, 0.6) is 0 Å². The van der Waals surface area contributed by atoms with Gasteiger partial charge < -0.3 is 15.3 Å². The summed E-state index contributed by atoms with van der Waals surface area (Å²) < 4.78 is 2.02. The van der Waals surface area contributed by atoms with Crippen molar-refractivity contribution in [2.45, 2.75) is 13.3 Å². The van der Waals surface area contributed by atoms with E-state index < -0.39 is 0 Å². The molecule has 0 aromatic carbocycles. The molecule has 4 nitrogen and oxygen atoms in total. The van der Waals surface area contributed by atoms with E-state index in [0.29, 0.717) is 6.54 Å². The first-order valence-electron chi connectivity index (χ1n) is 5.08. The summed E-state index contributed by atoms with van der Waals surface area (Å²) >= 11 is 0. The van der Waals surface area contributed by atoms with E-state index >= 15 is 0 Å². The van der Waals surface area contributed by atoms with Gasteiger partial charge in [-0.3, -0.25) is 0 Å². The Hall–Kier alpha value is -1.55. The van der Waals surface area contributed by atoms with Crippen molar-refractivity contribution in [2.24, 2.45) is 12.8 Å². The Morgan fingerprint density at radius 1 is 1.53 bits per heavy atom. The van der Waals surface area contributed by atoms with Crippen LogP contribution in [0, 0.1) is 6.92 Å². The van der Waals surface area contributed by atoms with Crippen molar-refractivity contribution in [3.8, 4) is 11.3 Å².